The zero-order chi connectivity index (χ0) is 10.6. The van der Waals surface area contributed by atoms with Gasteiger partial charge in [0.15, 0.2) is 0 Å². The number of likely N-dealkylation sites (tertiary alicyclic amines) is 1. The minimum atomic E-state index is 0.542. The molecule has 0 aliphatic carbocycles. The molecule has 0 aromatic heterocycles. The minimum absolute atomic E-state index is 0.542. The number of piperidine rings is 1. The van der Waals surface area contributed by atoms with Gasteiger partial charge < -0.3 is 9.74 Å². The monoisotopic (exact) mass is 200 g/mol. The number of hydrogen-bond donors (Lipinski definition) is 1. The van der Waals surface area contributed by atoms with Crippen molar-refractivity contribution in [2.45, 2.75) is 45.7 Å². The smallest absolute Gasteiger partial charge is 0.0705 e. The van der Waals surface area contributed by atoms with Crippen molar-refractivity contribution in [3.8, 4) is 0 Å². The normalized spacial score (nSPS) is 29.8. The van der Waals surface area contributed by atoms with Crippen molar-refractivity contribution in [1.82, 2.24) is 10.4 Å². The second kappa shape index (κ2) is 5.69. The Bertz CT molecular complexity index is 161. The van der Waals surface area contributed by atoms with E-state index in [4.69, 9.17) is 4.84 Å². The van der Waals surface area contributed by atoms with Gasteiger partial charge in [0.05, 0.1) is 6.61 Å². The van der Waals surface area contributed by atoms with E-state index in [2.05, 4.69) is 38.2 Å². The van der Waals surface area contributed by atoms with Crippen molar-refractivity contribution < 1.29 is 4.84 Å². The SMILES string of the molecule is CC(C)CONC1CCN(C)C(C)C1. The lowest BCUT2D eigenvalue weighted by molar-refractivity contribution is -0.0183. The Hall–Kier alpha value is -0.120. The Morgan fingerprint density at radius 2 is 2.21 bits per heavy atom. The van der Waals surface area contributed by atoms with Gasteiger partial charge >= 0.3 is 0 Å². The van der Waals surface area contributed by atoms with E-state index in [0.29, 0.717) is 18.0 Å². The maximum absolute atomic E-state index is 5.45. The summed E-state index contributed by atoms with van der Waals surface area (Å²) < 4.78 is 0. The van der Waals surface area contributed by atoms with E-state index in [1.807, 2.05) is 0 Å². The van der Waals surface area contributed by atoms with Gasteiger partial charge in [-0.25, -0.2) is 0 Å². The van der Waals surface area contributed by atoms with Gasteiger partial charge in [0.1, 0.15) is 0 Å². The Morgan fingerprint density at radius 3 is 2.79 bits per heavy atom. The fraction of sp³-hybridized carbons (Fsp3) is 1.00. The fourth-order valence-corrected chi connectivity index (χ4v) is 1.73. The molecular weight excluding hydrogens is 176 g/mol. The molecule has 0 amide bonds. The van der Waals surface area contributed by atoms with Crippen molar-refractivity contribution in [1.29, 1.82) is 0 Å². The predicted octanol–water partition coefficient (Wildman–Crippen LogP) is 1.65. The van der Waals surface area contributed by atoms with E-state index in [1.54, 1.807) is 0 Å². The molecule has 0 bridgehead atoms. The molecular formula is C11H24N2O. The van der Waals surface area contributed by atoms with Gasteiger partial charge in [-0.1, -0.05) is 13.8 Å². The summed E-state index contributed by atoms with van der Waals surface area (Å²) in [5.74, 6) is 0.603. The molecule has 2 unspecified atom stereocenters. The molecule has 3 nitrogen and oxygen atoms in total. The van der Waals surface area contributed by atoms with E-state index < -0.39 is 0 Å². The molecule has 1 N–H and O–H groups in total. The van der Waals surface area contributed by atoms with E-state index >= 15 is 0 Å². The summed E-state index contributed by atoms with van der Waals surface area (Å²) in [5, 5.41) is 0. The molecule has 0 spiro atoms. The van der Waals surface area contributed by atoms with Crippen molar-refractivity contribution in [3.05, 3.63) is 0 Å². The molecule has 14 heavy (non-hydrogen) atoms. The predicted molar refractivity (Wildman–Crippen MR) is 59.0 cm³/mol. The molecule has 1 aliphatic heterocycles. The highest BCUT2D eigenvalue weighted by molar-refractivity contribution is 4.79. The van der Waals surface area contributed by atoms with Crippen molar-refractivity contribution >= 4 is 0 Å². The van der Waals surface area contributed by atoms with Gasteiger partial charge in [0, 0.05) is 12.1 Å². The fourth-order valence-electron chi connectivity index (χ4n) is 1.73. The molecule has 1 saturated heterocycles. The van der Waals surface area contributed by atoms with Crippen molar-refractivity contribution in [2.75, 3.05) is 20.2 Å². The summed E-state index contributed by atoms with van der Waals surface area (Å²) in [6.07, 6.45) is 2.38. The lowest BCUT2D eigenvalue weighted by atomic mass is 10.00. The van der Waals surface area contributed by atoms with Crippen LogP contribution in [0.4, 0.5) is 0 Å². The van der Waals surface area contributed by atoms with Crippen LogP contribution in [0, 0.1) is 5.92 Å². The molecule has 0 radical (unpaired) electrons. The van der Waals surface area contributed by atoms with Crippen LogP contribution < -0.4 is 5.48 Å². The number of rotatable bonds is 4. The number of hydrogen-bond acceptors (Lipinski definition) is 3. The molecule has 3 heteroatoms. The molecule has 1 fully saturated rings. The molecule has 0 aromatic rings. The number of hydroxylamine groups is 1. The lowest BCUT2D eigenvalue weighted by Gasteiger charge is -2.35. The molecule has 1 rings (SSSR count). The first-order chi connectivity index (χ1) is 6.59. The van der Waals surface area contributed by atoms with Gasteiger partial charge in [-0.3, -0.25) is 0 Å². The highest BCUT2D eigenvalue weighted by Crippen LogP contribution is 2.15. The molecule has 2 atom stereocenters. The van der Waals surface area contributed by atoms with Gasteiger partial charge in [0.2, 0.25) is 0 Å². The number of nitrogens with one attached hydrogen (secondary N) is 1. The Balaban J connectivity index is 2.13. The van der Waals surface area contributed by atoms with Crippen molar-refractivity contribution in [2.24, 2.45) is 5.92 Å². The van der Waals surface area contributed by atoms with Gasteiger partial charge in [-0.05, 0) is 39.3 Å². The van der Waals surface area contributed by atoms with E-state index in [0.717, 1.165) is 6.61 Å². The zero-order valence-electron chi connectivity index (χ0n) is 9.92. The van der Waals surface area contributed by atoms with Crippen LogP contribution in [0.3, 0.4) is 0 Å². The summed E-state index contributed by atoms with van der Waals surface area (Å²) in [4.78, 5) is 7.85. The third kappa shape index (κ3) is 3.95. The second-order valence-electron chi connectivity index (χ2n) is 4.87. The minimum Gasteiger partial charge on any atom is -0.304 e. The van der Waals surface area contributed by atoms with Crippen LogP contribution >= 0.6 is 0 Å². The van der Waals surface area contributed by atoms with E-state index in [9.17, 15) is 0 Å². The lowest BCUT2D eigenvalue weighted by Crippen LogP contribution is -2.45. The molecule has 84 valence electrons. The quantitative estimate of drug-likeness (QED) is 0.698. The average Bonchev–Trinajstić information content (AvgIpc) is 2.10. The summed E-state index contributed by atoms with van der Waals surface area (Å²) >= 11 is 0. The topological polar surface area (TPSA) is 24.5 Å². The van der Waals surface area contributed by atoms with Crippen LogP contribution in [0.2, 0.25) is 0 Å². The van der Waals surface area contributed by atoms with Crippen LogP contribution in [0.5, 0.6) is 0 Å². The van der Waals surface area contributed by atoms with Gasteiger partial charge in [-0.2, -0.15) is 5.48 Å². The van der Waals surface area contributed by atoms with E-state index in [1.165, 1.54) is 19.4 Å². The second-order valence-corrected chi connectivity index (χ2v) is 4.87. The van der Waals surface area contributed by atoms with Crippen LogP contribution in [-0.2, 0) is 4.84 Å². The first-order valence-corrected chi connectivity index (χ1v) is 5.67. The molecule has 1 aliphatic rings. The van der Waals surface area contributed by atoms with Crippen LogP contribution in [0.15, 0.2) is 0 Å². The standard InChI is InChI=1S/C11H24N2O/c1-9(2)8-14-12-11-5-6-13(4)10(3)7-11/h9-12H,5-8H2,1-4H3. The summed E-state index contributed by atoms with van der Waals surface area (Å²) in [5.41, 5.74) is 3.18. The van der Waals surface area contributed by atoms with Gasteiger partial charge in [-0.15, -0.1) is 0 Å². The Kier molecular flexibility index (Phi) is 4.85. The maximum atomic E-state index is 5.45. The summed E-state index contributed by atoms with van der Waals surface area (Å²) in [6.45, 7) is 8.58. The Labute approximate surface area is 87.8 Å². The summed E-state index contributed by atoms with van der Waals surface area (Å²) in [6, 6.07) is 1.21. The third-order valence-corrected chi connectivity index (χ3v) is 2.88. The molecule has 1 heterocycles. The van der Waals surface area contributed by atoms with Crippen LogP contribution in [0.1, 0.15) is 33.6 Å². The van der Waals surface area contributed by atoms with E-state index in [-0.39, 0.29) is 0 Å². The number of nitrogens with zero attached hydrogens (tertiary/aromatic N) is 1. The first kappa shape index (κ1) is 12.0. The Morgan fingerprint density at radius 1 is 1.50 bits per heavy atom. The molecule has 0 aromatic carbocycles. The first-order valence-electron chi connectivity index (χ1n) is 5.67. The summed E-state index contributed by atoms with van der Waals surface area (Å²) in [7, 11) is 2.19. The van der Waals surface area contributed by atoms with Crippen molar-refractivity contribution in [3.63, 3.8) is 0 Å². The highest BCUT2D eigenvalue weighted by Gasteiger charge is 2.22. The zero-order valence-corrected chi connectivity index (χ0v) is 9.92. The third-order valence-electron chi connectivity index (χ3n) is 2.88. The van der Waals surface area contributed by atoms with Crippen LogP contribution in [0.25, 0.3) is 0 Å². The maximum Gasteiger partial charge on any atom is 0.0705 e. The van der Waals surface area contributed by atoms with Gasteiger partial charge in [0.25, 0.3) is 0 Å². The largest absolute Gasteiger partial charge is 0.304 e. The highest BCUT2D eigenvalue weighted by atomic mass is 16.6. The molecule has 0 saturated carbocycles. The van der Waals surface area contributed by atoms with Crippen LogP contribution in [-0.4, -0.2) is 37.2 Å². The average molecular weight is 200 g/mol.